The van der Waals surface area contributed by atoms with Gasteiger partial charge in [0.25, 0.3) is 5.91 Å². The Balaban J connectivity index is 1.54. The quantitative estimate of drug-likeness (QED) is 0.576. The topological polar surface area (TPSA) is 68.4 Å². The van der Waals surface area contributed by atoms with Crippen LogP contribution in [0.3, 0.4) is 0 Å². The Morgan fingerprint density at radius 2 is 2.07 bits per heavy atom. The molecule has 0 fully saturated rings. The van der Waals surface area contributed by atoms with Gasteiger partial charge in [-0.15, -0.1) is 11.8 Å². The predicted molar refractivity (Wildman–Crippen MR) is 99.7 cm³/mol. The van der Waals surface area contributed by atoms with Gasteiger partial charge in [-0.3, -0.25) is 9.80 Å². The first kappa shape index (κ1) is 18.8. The van der Waals surface area contributed by atoms with Gasteiger partial charge in [0.2, 0.25) is 0 Å². The van der Waals surface area contributed by atoms with E-state index in [4.69, 9.17) is 0 Å². The van der Waals surface area contributed by atoms with Crippen molar-refractivity contribution in [2.75, 3.05) is 5.88 Å². The smallest absolute Gasteiger partial charge is 0.371 e. The molecular formula is C18H18F3N5OS. The molecule has 0 saturated carbocycles. The second-order valence-electron chi connectivity index (χ2n) is 6.44. The van der Waals surface area contributed by atoms with Gasteiger partial charge in [-0.25, -0.2) is 5.43 Å². The lowest BCUT2D eigenvalue weighted by Crippen LogP contribution is -2.52. The van der Waals surface area contributed by atoms with E-state index in [1.807, 2.05) is 6.92 Å². The molecule has 1 aromatic carbocycles. The Bertz CT molecular complexity index is 895. The second-order valence-corrected chi connectivity index (χ2v) is 7.63. The number of carbonyl (C=O) groups is 1. The molecule has 3 heterocycles. The molecular weight excluding hydrogens is 391 g/mol. The maximum Gasteiger partial charge on any atom is 0.416 e. The number of carbonyl (C=O) groups excluding carboxylic acids is 1. The first-order valence-electron chi connectivity index (χ1n) is 8.59. The van der Waals surface area contributed by atoms with Crippen molar-refractivity contribution in [3.05, 3.63) is 70.2 Å². The summed E-state index contributed by atoms with van der Waals surface area (Å²) >= 11 is 1.54. The average Bonchev–Trinajstić information content (AvgIpc) is 3.27. The molecule has 1 aromatic rings. The van der Waals surface area contributed by atoms with Crippen molar-refractivity contribution in [1.82, 2.24) is 26.4 Å². The summed E-state index contributed by atoms with van der Waals surface area (Å²) in [7, 11) is 0. The summed E-state index contributed by atoms with van der Waals surface area (Å²) in [5.41, 5.74) is 2.99. The van der Waals surface area contributed by atoms with Gasteiger partial charge in [-0.1, -0.05) is 24.3 Å². The first-order valence-corrected chi connectivity index (χ1v) is 9.58. The van der Waals surface area contributed by atoms with Gasteiger partial charge in [0.05, 0.1) is 17.5 Å². The zero-order chi connectivity index (χ0) is 19.9. The van der Waals surface area contributed by atoms with Gasteiger partial charge in [0, 0.05) is 11.1 Å². The normalized spacial score (nSPS) is 23.9. The van der Waals surface area contributed by atoms with E-state index < -0.39 is 17.8 Å². The minimum absolute atomic E-state index is 0.120. The lowest BCUT2D eigenvalue weighted by molar-refractivity contribution is -0.138. The monoisotopic (exact) mass is 409 g/mol. The van der Waals surface area contributed by atoms with Crippen molar-refractivity contribution in [2.24, 2.45) is 0 Å². The van der Waals surface area contributed by atoms with E-state index in [0.717, 1.165) is 11.0 Å². The molecule has 3 aliphatic rings. The molecule has 28 heavy (non-hydrogen) atoms. The van der Waals surface area contributed by atoms with E-state index in [9.17, 15) is 18.0 Å². The van der Waals surface area contributed by atoms with Crippen molar-refractivity contribution in [3.63, 3.8) is 0 Å². The Kier molecular flexibility index (Phi) is 4.76. The number of nitrogens with zero attached hydrogens (tertiary/aromatic N) is 1. The van der Waals surface area contributed by atoms with Gasteiger partial charge in [0.1, 0.15) is 17.7 Å². The highest BCUT2D eigenvalue weighted by atomic mass is 32.2. The molecule has 0 aliphatic carbocycles. The number of hydrogen-bond acceptors (Lipinski definition) is 6. The van der Waals surface area contributed by atoms with Crippen molar-refractivity contribution in [2.45, 2.75) is 25.3 Å². The summed E-state index contributed by atoms with van der Waals surface area (Å²) in [6.45, 7) is 1.86. The van der Waals surface area contributed by atoms with Gasteiger partial charge < -0.3 is 16.0 Å². The molecule has 0 saturated heterocycles. The highest BCUT2D eigenvalue weighted by Crippen LogP contribution is 2.36. The molecule has 4 N–H and O–H groups in total. The second kappa shape index (κ2) is 7.10. The van der Waals surface area contributed by atoms with Crippen LogP contribution in [0.25, 0.3) is 0 Å². The molecule has 1 amide bonds. The summed E-state index contributed by atoms with van der Waals surface area (Å²) in [5, 5.41) is 10.5. The third-order valence-electron chi connectivity index (χ3n) is 4.65. The predicted octanol–water partition coefficient (Wildman–Crippen LogP) is 2.49. The molecule has 148 valence electrons. The fraction of sp³-hybridized carbons (Fsp3) is 0.278. The van der Waals surface area contributed by atoms with Gasteiger partial charge in [-0.2, -0.15) is 13.2 Å². The SMILES string of the molecule is CC1=C(C(=O)NC2=CNC3C=CC(c4ccccc4C(F)(F)F)NN23)NCS1. The van der Waals surface area contributed by atoms with Crippen LogP contribution < -0.4 is 21.4 Å². The number of fused-ring (bicyclic) bond motifs is 1. The van der Waals surface area contributed by atoms with E-state index in [0.29, 0.717) is 17.4 Å². The number of nitrogens with one attached hydrogen (secondary N) is 4. The summed E-state index contributed by atoms with van der Waals surface area (Å²) in [4.78, 5) is 13.4. The molecule has 4 rings (SSSR count). The van der Waals surface area contributed by atoms with E-state index in [-0.39, 0.29) is 17.6 Å². The van der Waals surface area contributed by atoms with Crippen LogP contribution in [-0.4, -0.2) is 23.0 Å². The largest absolute Gasteiger partial charge is 0.416 e. The number of amides is 1. The van der Waals surface area contributed by atoms with Gasteiger partial charge in [0.15, 0.2) is 0 Å². The lowest BCUT2D eigenvalue weighted by atomic mass is 9.99. The highest BCUT2D eigenvalue weighted by molar-refractivity contribution is 8.03. The number of allylic oxidation sites excluding steroid dienone is 1. The molecule has 10 heteroatoms. The third kappa shape index (κ3) is 3.45. The van der Waals surface area contributed by atoms with Crippen LogP contribution in [0.4, 0.5) is 13.2 Å². The Labute approximate surface area is 163 Å². The van der Waals surface area contributed by atoms with Crippen molar-refractivity contribution >= 4 is 17.7 Å². The molecule has 3 aliphatic heterocycles. The zero-order valence-corrected chi connectivity index (χ0v) is 15.6. The molecule has 0 radical (unpaired) electrons. The van der Waals surface area contributed by atoms with Crippen LogP contribution >= 0.6 is 11.8 Å². The molecule has 0 spiro atoms. The van der Waals surface area contributed by atoms with Gasteiger partial charge >= 0.3 is 6.18 Å². The van der Waals surface area contributed by atoms with Crippen molar-refractivity contribution in [1.29, 1.82) is 0 Å². The minimum atomic E-state index is -4.45. The van der Waals surface area contributed by atoms with Crippen LogP contribution in [0.5, 0.6) is 0 Å². The summed E-state index contributed by atoms with van der Waals surface area (Å²) in [5.74, 6) is 0.780. The zero-order valence-electron chi connectivity index (χ0n) is 14.8. The van der Waals surface area contributed by atoms with E-state index >= 15 is 0 Å². The van der Waals surface area contributed by atoms with Crippen molar-refractivity contribution < 1.29 is 18.0 Å². The minimum Gasteiger partial charge on any atom is -0.371 e. The molecule has 0 bridgehead atoms. The van der Waals surface area contributed by atoms with Crippen LogP contribution in [-0.2, 0) is 11.0 Å². The molecule has 2 unspecified atom stereocenters. The number of halogens is 3. The molecule has 6 nitrogen and oxygen atoms in total. The Morgan fingerprint density at radius 1 is 1.29 bits per heavy atom. The fourth-order valence-corrected chi connectivity index (χ4v) is 4.03. The van der Waals surface area contributed by atoms with E-state index in [2.05, 4.69) is 21.4 Å². The first-order chi connectivity index (χ1) is 13.3. The Morgan fingerprint density at radius 3 is 2.79 bits per heavy atom. The summed E-state index contributed by atoms with van der Waals surface area (Å²) < 4.78 is 40.1. The van der Waals surface area contributed by atoms with E-state index in [1.54, 1.807) is 41.2 Å². The van der Waals surface area contributed by atoms with Crippen LogP contribution in [0.2, 0.25) is 0 Å². The average molecular weight is 409 g/mol. The summed E-state index contributed by atoms with van der Waals surface area (Å²) in [6, 6.07) is 4.77. The molecule has 0 aromatic heterocycles. The number of hydrazine groups is 1. The van der Waals surface area contributed by atoms with Gasteiger partial charge in [-0.05, 0) is 24.6 Å². The Hall–Kier alpha value is -2.59. The van der Waals surface area contributed by atoms with Crippen LogP contribution in [0.1, 0.15) is 24.1 Å². The maximum atomic E-state index is 13.4. The summed E-state index contributed by atoms with van der Waals surface area (Å²) in [6.07, 6.45) is 0.313. The number of rotatable bonds is 3. The maximum absolute atomic E-state index is 13.4. The number of thioether (sulfide) groups is 1. The fourth-order valence-electron chi connectivity index (χ4n) is 3.29. The number of alkyl halides is 3. The molecule has 2 atom stereocenters. The highest BCUT2D eigenvalue weighted by Gasteiger charge is 2.37. The van der Waals surface area contributed by atoms with Crippen LogP contribution in [0.15, 0.2) is 59.0 Å². The number of hydrogen-bond donors (Lipinski definition) is 4. The van der Waals surface area contributed by atoms with E-state index in [1.165, 1.54) is 12.1 Å². The lowest BCUT2D eigenvalue weighted by Gasteiger charge is -2.35. The van der Waals surface area contributed by atoms with Crippen LogP contribution in [0, 0.1) is 0 Å². The van der Waals surface area contributed by atoms with Crippen molar-refractivity contribution in [3.8, 4) is 0 Å². The third-order valence-corrected chi connectivity index (χ3v) is 5.58. The standard InChI is InChI=1S/C18H18F3N5OS/c1-10-16(23-9-28-10)17(27)24-15-8-22-14-7-6-13(25-26(14)15)11-4-2-3-5-12(11)18(19,20)21/h2-8,13-14,22-23,25H,9H2,1H3,(H,24,27). The number of benzene rings is 1.